The number of ether oxygens (including phenoxy) is 2. The summed E-state index contributed by atoms with van der Waals surface area (Å²) in [5.41, 5.74) is -2.61. The Morgan fingerprint density at radius 2 is 0.906 bits per heavy atom. The van der Waals surface area contributed by atoms with Crippen molar-refractivity contribution in [1.82, 2.24) is 0 Å². The maximum absolute atomic E-state index is 13.5. The summed E-state index contributed by atoms with van der Waals surface area (Å²) in [5, 5.41) is 1.87. The Balaban J connectivity index is 1.25. The van der Waals surface area contributed by atoms with Crippen molar-refractivity contribution in [3.8, 4) is 23.0 Å². The number of benzene rings is 4. The maximum atomic E-state index is 13.5. The van der Waals surface area contributed by atoms with Crippen LogP contribution in [-0.2, 0) is 16.4 Å². The van der Waals surface area contributed by atoms with Crippen LogP contribution < -0.4 is 20.1 Å². The minimum atomic E-state index is -2.61. The number of para-hydroxylation sites is 2. The molecule has 0 spiro atoms. The molecule has 8 heteroatoms. The average Bonchev–Trinajstić information content (AvgIpc) is 2.80. The topological polar surface area (TPSA) is 35.5 Å². The van der Waals surface area contributed by atoms with Crippen LogP contribution in [0.5, 0.6) is 23.0 Å². The second-order valence-electron chi connectivity index (χ2n) is 6.98. The molecule has 4 aromatic carbocycles. The average molecular weight is 513 g/mol. The van der Waals surface area contributed by atoms with Gasteiger partial charge in [0, 0.05) is 10.6 Å². The summed E-state index contributed by atoms with van der Waals surface area (Å²) < 4.78 is 23.2. The second kappa shape index (κ2) is 9.13. The summed E-state index contributed by atoms with van der Waals surface area (Å²) >= 11 is 8.87. The van der Waals surface area contributed by atoms with Crippen molar-refractivity contribution in [2.45, 2.75) is 0 Å². The van der Waals surface area contributed by atoms with E-state index in [1.807, 2.05) is 109 Å². The first-order chi connectivity index (χ1) is 15.5. The predicted molar refractivity (Wildman–Crippen MR) is 142 cm³/mol. The van der Waals surface area contributed by atoms with Gasteiger partial charge in [0.15, 0.2) is 0 Å². The highest BCUT2D eigenvalue weighted by Gasteiger charge is 2.49. The molecule has 0 unspecified atom stereocenters. The first-order valence-electron chi connectivity index (χ1n) is 9.82. The Kier molecular flexibility index (Phi) is 6.24. The lowest BCUT2D eigenvalue weighted by Crippen LogP contribution is -2.09. The van der Waals surface area contributed by atoms with Gasteiger partial charge in [0.1, 0.15) is 27.4 Å². The molecule has 0 amide bonds. The Hall–Kier alpha value is -1.94. The summed E-state index contributed by atoms with van der Waals surface area (Å²) in [6.07, 6.45) is 0. The second-order valence-corrected chi connectivity index (χ2v) is 25.0. The van der Waals surface area contributed by atoms with Crippen molar-refractivity contribution in [3.63, 3.8) is 0 Å². The zero-order valence-corrected chi connectivity index (χ0v) is 21.0. The fraction of sp³-hybridized carbons (Fsp3) is 0. The van der Waals surface area contributed by atoms with Gasteiger partial charge in [0.25, 0.3) is 0 Å². The molecule has 160 valence electrons. The predicted octanol–water partition coefficient (Wildman–Crippen LogP) is 8.20. The van der Waals surface area contributed by atoms with Crippen molar-refractivity contribution in [2.24, 2.45) is 0 Å². The van der Waals surface area contributed by atoms with E-state index in [4.69, 9.17) is 21.3 Å². The molecule has 0 aromatic heterocycles. The molecule has 4 aromatic rings. The van der Waals surface area contributed by atoms with Gasteiger partial charge in [-0.1, -0.05) is 48.2 Å². The smallest absolute Gasteiger partial charge is 0.230 e. The molecule has 1 aliphatic heterocycles. The van der Waals surface area contributed by atoms with Crippen LogP contribution in [0.4, 0.5) is 0 Å². The molecule has 0 N–H and O–H groups in total. The lowest BCUT2D eigenvalue weighted by atomic mass is 10.3. The van der Waals surface area contributed by atoms with Crippen molar-refractivity contribution < 1.29 is 14.0 Å². The zero-order valence-electron chi connectivity index (χ0n) is 16.7. The molecule has 0 radical (unpaired) electrons. The lowest BCUT2D eigenvalue weighted by molar-refractivity contribution is 0.482. The number of hydrogen-bond acceptors (Lipinski definition) is 6. The van der Waals surface area contributed by atoms with Gasteiger partial charge in [-0.05, 0) is 94.8 Å². The van der Waals surface area contributed by atoms with Gasteiger partial charge in [0.2, 0.25) is 5.55 Å². The van der Waals surface area contributed by atoms with Crippen LogP contribution in [0.3, 0.4) is 0 Å². The third-order valence-electron chi connectivity index (χ3n) is 4.69. The largest absolute Gasteiger partial charge is 0.457 e. The van der Waals surface area contributed by atoms with Gasteiger partial charge in [-0.15, -0.1) is 0 Å². The third kappa shape index (κ3) is 4.71. The molecule has 1 saturated heterocycles. The minimum Gasteiger partial charge on any atom is -0.457 e. The number of hydrogen-bond donors (Lipinski definition) is 0. The summed E-state index contributed by atoms with van der Waals surface area (Å²) in [4.78, 5) is 0. The van der Waals surface area contributed by atoms with E-state index < -0.39 is 9.99 Å². The third-order valence-corrected chi connectivity index (χ3v) is 31.7. The molecular formula is C24H18O3P2S3. The van der Waals surface area contributed by atoms with Gasteiger partial charge in [-0.2, -0.15) is 0 Å². The molecular weight excluding hydrogens is 494 g/mol. The van der Waals surface area contributed by atoms with E-state index in [1.54, 1.807) is 0 Å². The van der Waals surface area contributed by atoms with Crippen LogP contribution in [0, 0.1) is 0 Å². The highest BCUT2D eigenvalue weighted by molar-refractivity contribution is 9.44. The van der Waals surface area contributed by atoms with Gasteiger partial charge >= 0.3 is 0 Å². The summed E-state index contributed by atoms with van der Waals surface area (Å²) in [5.74, 6) is 3.04. The van der Waals surface area contributed by atoms with Crippen LogP contribution in [-0.4, -0.2) is 0 Å². The fourth-order valence-electron chi connectivity index (χ4n) is 3.12. The van der Waals surface area contributed by atoms with E-state index in [0.717, 1.165) is 33.6 Å². The summed E-state index contributed by atoms with van der Waals surface area (Å²) in [7, 11) is 0. The van der Waals surface area contributed by atoms with E-state index in [2.05, 4.69) is 0 Å². The monoisotopic (exact) mass is 512 g/mol. The lowest BCUT2D eigenvalue weighted by Gasteiger charge is -2.37. The van der Waals surface area contributed by atoms with E-state index in [9.17, 15) is 4.57 Å². The molecule has 1 fully saturated rings. The molecule has 32 heavy (non-hydrogen) atoms. The van der Waals surface area contributed by atoms with Gasteiger partial charge in [-0.25, -0.2) is 0 Å². The minimum absolute atomic E-state index is 0.718. The van der Waals surface area contributed by atoms with E-state index in [-0.39, 0.29) is 0 Å². The number of rotatable bonds is 6. The van der Waals surface area contributed by atoms with Crippen molar-refractivity contribution in [1.29, 1.82) is 0 Å². The van der Waals surface area contributed by atoms with E-state index in [1.165, 1.54) is 22.0 Å². The molecule has 0 atom stereocenters. The Labute approximate surface area is 199 Å². The van der Waals surface area contributed by atoms with Crippen LogP contribution in [0.25, 0.3) is 0 Å². The Bertz CT molecular complexity index is 1200. The molecule has 0 bridgehead atoms. The zero-order chi connectivity index (χ0) is 22.0. The quantitative estimate of drug-likeness (QED) is 0.242. The first kappa shape index (κ1) is 21.9. The van der Waals surface area contributed by atoms with Crippen molar-refractivity contribution >= 4 is 54.4 Å². The van der Waals surface area contributed by atoms with Gasteiger partial charge in [-0.3, -0.25) is 4.57 Å². The van der Waals surface area contributed by atoms with Gasteiger partial charge in [0.05, 0.1) is 0 Å². The molecule has 3 nitrogen and oxygen atoms in total. The molecule has 1 heterocycles. The fourth-order valence-corrected chi connectivity index (χ4v) is 34.4. The van der Waals surface area contributed by atoms with Gasteiger partial charge < -0.3 is 9.47 Å². The molecule has 0 aliphatic carbocycles. The highest BCUT2D eigenvalue weighted by atomic mass is 33.7. The van der Waals surface area contributed by atoms with Crippen molar-refractivity contribution in [3.05, 3.63) is 109 Å². The van der Waals surface area contributed by atoms with E-state index >= 15 is 0 Å². The maximum Gasteiger partial charge on any atom is 0.230 e. The first-order valence-corrected chi connectivity index (χ1v) is 18.4. The normalized spacial score (nSPS) is 22.0. The van der Waals surface area contributed by atoms with Crippen LogP contribution >= 0.6 is 32.0 Å². The van der Waals surface area contributed by atoms with Crippen LogP contribution in [0.15, 0.2) is 109 Å². The SMILES string of the molecule is O=P1(c2ccc(Oc3ccccc3)cc2)SP(=S)(c2ccc(Oc3ccccc3)cc2)S1. The van der Waals surface area contributed by atoms with E-state index in [0.29, 0.717) is 0 Å². The Morgan fingerprint density at radius 1 is 0.531 bits per heavy atom. The van der Waals surface area contributed by atoms with Crippen molar-refractivity contribution in [2.75, 3.05) is 0 Å². The van der Waals surface area contributed by atoms with Crippen LogP contribution in [0.2, 0.25) is 0 Å². The standard InChI is InChI=1S/C24H18O3P2S3/c25-28(23-15-11-21(12-16-23)26-19-7-3-1-4-8-19)31-29(30,32-28)24-17-13-22(14-18-24)27-20-9-5-2-6-10-20/h1-18H. The Morgan fingerprint density at radius 3 is 1.34 bits per heavy atom. The summed E-state index contributed by atoms with van der Waals surface area (Å²) in [6.45, 7) is 0. The summed E-state index contributed by atoms with van der Waals surface area (Å²) in [6, 6.07) is 34.6. The highest BCUT2D eigenvalue weighted by Crippen LogP contribution is 3.03. The molecule has 0 saturated carbocycles. The molecule has 5 rings (SSSR count). The van der Waals surface area contributed by atoms with Crippen LogP contribution in [0.1, 0.15) is 0 Å². The molecule has 1 aliphatic rings.